The Morgan fingerprint density at radius 3 is 2.48 bits per heavy atom. The molecule has 2 heterocycles. The number of hydrogen-bond acceptors (Lipinski definition) is 4. The molecule has 0 saturated carbocycles. The summed E-state index contributed by atoms with van der Waals surface area (Å²) in [5, 5.41) is 2.90. The minimum Gasteiger partial charge on any atom is -0.350 e. The van der Waals surface area contributed by atoms with Gasteiger partial charge in [0.1, 0.15) is 0 Å². The summed E-state index contributed by atoms with van der Waals surface area (Å²) in [6.07, 6.45) is 2.78. The second-order valence-electron chi connectivity index (χ2n) is 6.95. The van der Waals surface area contributed by atoms with E-state index in [9.17, 15) is 13.2 Å². The van der Waals surface area contributed by atoms with Gasteiger partial charge in [0.05, 0.1) is 18.0 Å². The number of pyridine rings is 1. The van der Waals surface area contributed by atoms with Gasteiger partial charge in [0.15, 0.2) is 0 Å². The fourth-order valence-electron chi connectivity index (χ4n) is 3.21. The first-order valence-electron chi connectivity index (χ1n) is 9.15. The lowest BCUT2D eigenvalue weighted by Crippen LogP contribution is -2.43. The van der Waals surface area contributed by atoms with Crippen LogP contribution in [0.1, 0.15) is 29.7 Å². The third-order valence-electron chi connectivity index (χ3n) is 4.86. The van der Waals surface area contributed by atoms with Crippen LogP contribution in [0.4, 0.5) is 0 Å². The number of carbonyl (C=O) groups is 1. The van der Waals surface area contributed by atoms with Crippen molar-refractivity contribution in [3.8, 4) is 0 Å². The molecule has 1 aliphatic rings. The molecule has 0 unspecified atom stereocenters. The Morgan fingerprint density at radius 2 is 1.85 bits per heavy atom. The molecular weight excluding hydrogens is 362 g/mol. The molecule has 1 aromatic heterocycles. The summed E-state index contributed by atoms with van der Waals surface area (Å²) in [7, 11) is -3.36. The second kappa shape index (κ2) is 8.63. The van der Waals surface area contributed by atoms with Gasteiger partial charge in [-0.25, -0.2) is 12.7 Å². The summed E-state index contributed by atoms with van der Waals surface area (Å²) in [6.45, 7) is 3.14. The number of aryl methyl sites for hydroxylation is 1. The molecule has 0 bridgehead atoms. The number of hydrogen-bond donors (Lipinski definition) is 1. The van der Waals surface area contributed by atoms with Crippen LogP contribution in [0.2, 0.25) is 0 Å². The zero-order chi connectivity index (χ0) is 19.3. The Bertz CT molecular complexity index is 859. The quantitative estimate of drug-likeness (QED) is 0.824. The summed E-state index contributed by atoms with van der Waals surface area (Å²) in [6, 6.07) is 13.1. The number of carbonyl (C=O) groups excluding carboxylic acids is 1. The van der Waals surface area contributed by atoms with Crippen molar-refractivity contribution in [1.29, 1.82) is 0 Å². The molecule has 144 valence electrons. The molecule has 0 atom stereocenters. The van der Waals surface area contributed by atoms with Crippen LogP contribution in [0.5, 0.6) is 0 Å². The molecule has 3 rings (SSSR count). The fourth-order valence-corrected chi connectivity index (χ4v) is 4.77. The van der Waals surface area contributed by atoms with Crippen LogP contribution < -0.4 is 5.32 Å². The van der Waals surface area contributed by atoms with E-state index in [1.807, 2.05) is 49.4 Å². The highest BCUT2D eigenvalue weighted by Gasteiger charge is 2.31. The van der Waals surface area contributed by atoms with E-state index < -0.39 is 10.0 Å². The van der Waals surface area contributed by atoms with E-state index in [0.717, 1.165) is 16.8 Å². The Hall–Kier alpha value is -2.25. The lowest BCUT2D eigenvalue weighted by atomic mass is 9.97. The predicted octanol–water partition coefficient (Wildman–Crippen LogP) is 2.25. The van der Waals surface area contributed by atoms with Gasteiger partial charge in [-0.3, -0.25) is 9.78 Å². The van der Waals surface area contributed by atoms with E-state index in [0.29, 0.717) is 32.5 Å². The van der Waals surface area contributed by atoms with E-state index in [1.54, 1.807) is 6.20 Å². The molecular formula is C20H25N3O3S. The third kappa shape index (κ3) is 5.37. The topological polar surface area (TPSA) is 79.4 Å². The number of benzene rings is 1. The van der Waals surface area contributed by atoms with E-state index in [4.69, 9.17) is 0 Å². The third-order valence-corrected chi connectivity index (χ3v) is 6.71. The minimum atomic E-state index is -3.36. The monoisotopic (exact) mass is 387 g/mol. The first-order valence-corrected chi connectivity index (χ1v) is 10.8. The first-order chi connectivity index (χ1) is 12.9. The second-order valence-corrected chi connectivity index (χ2v) is 8.92. The van der Waals surface area contributed by atoms with Crippen LogP contribution in [-0.2, 0) is 27.1 Å². The molecule has 0 radical (unpaired) electrons. The van der Waals surface area contributed by atoms with Gasteiger partial charge in [-0.15, -0.1) is 0 Å². The van der Waals surface area contributed by atoms with Crippen LogP contribution in [0.3, 0.4) is 0 Å². The maximum absolute atomic E-state index is 12.6. The molecule has 6 nitrogen and oxygen atoms in total. The average Bonchev–Trinajstić information content (AvgIpc) is 2.69. The van der Waals surface area contributed by atoms with Gasteiger partial charge in [0, 0.05) is 25.2 Å². The Balaban J connectivity index is 1.50. The Morgan fingerprint density at radius 1 is 1.15 bits per heavy atom. The zero-order valence-electron chi connectivity index (χ0n) is 15.5. The van der Waals surface area contributed by atoms with Crippen molar-refractivity contribution in [2.75, 3.05) is 13.1 Å². The van der Waals surface area contributed by atoms with Gasteiger partial charge < -0.3 is 5.32 Å². The molecule has 0 spiro atoms. The molecule has 1 amide bonds. The summed E-state index contributed by atoms with van der Waals surface area (Å²) < 4.78 is 26.8. The summed E-state index contributed by atoms with van der Waals surface area (Å²) in [5.74, 6) is -0.181. The molecule has 27 heavy (non-hydrogen) atoms. The normalized spacial score (nSPS) is 16.2. The highest BCUT2D eigenvalue weighted by molar-refractivity contribution is 7.88. The minimum absolute atomic E-state index is 0.00379. The van der Waals surface area contributed by atoms with Gasteiger partial charge in [-0.1, -0.05) is 35.9 Å². The number of piperidine rings is 1. The van der Waals surface area contributed by atoms with Crippen molar-refractivity contribution in [2.45, 2.75) is 32.1 Å². The van der Waals surface area contributed by atoms with Crippen LogP contribution in [0.25, 0.3) is 0 Å². The predicted molar refractivity (Wildman–Crippen MR) is 104 cm³/mol. The lowest BCUT2D eigenvalue weighted by molar-refractivity contribution is -0.126. The van der Waals surface area contributed by atoms with Gasteiger partial charge in [-0.2, -0.15) is 0 Å². The molecule has 1 N–H and O–H groups in total. The molecule has 1 aliphatic heterocycles. The number of aromatic nitrogens is 1. The Kier molecular flexibility index (Phi) is 6.23. The van der Waals surface area contributed by atoms with Crippen molar-refractivity contribution in [3.63, 3.8) is 0 Å². The fraction of sp³-hybridized carbons (Fsp3) is 0.400. The maximum atomic E-state index is 12.6. The van der Waals surface area contributed by atoms with E-state index in [2.05, 4.69) is 10.3 Å². The highest BCUT2D eigenvalue weighted by atomic mass is 32.2. The number of nitrogens with zero attached hydrogens (tertiary/aromatic N) is 2. The SMILES string of the molecule is Cc1ccc(CS(=O)(=O)N2CCC(C(=O)NCc3ccccn3)CC2)cc1. The largest absolute Gasteiger partial charge is 0.350 e. The van der Waals surface area contributed by atoms with Gasteiger partial charge in [0.2, 0.25) is 15.9 Å². The molecule has 0 aliphatic carbocycles. The zero-order valence-corrected chi connectivity index (χ0v) is 16.3. The summed E-state index contributed by atoms with van der Waals surface area (Å²) >= 11 is 0. The van der Waals surface area contributed by atoms with Crippen molar-refractivity contribution in [2.24, 2.45) is 5.92 Å². The number of rotatable bonds is 6. The first kappa shape index (κ1) is 19.5. The van der Waals surface area contributed by atoms with Gasteiger partial charge in [-0.05, 0) is 37.5 Å². The van der Waals surface area contributed by atoms with Gasteiger partial charge in [0.25, 0.3) is 0 Å². The van der Waals surface area contributed by atoms with Crippen LogP contribution >= 0.6 is 0 Å². The van der Waals surface area contributed by atoms with Crippen LogP contribution in [0.15, 0.2) is 48.7 Å². The maximum Gasteiger partial charge on any atom is 0.223 e. The number of sulfonamides is 1. The number of nitrogens with one attached hydrogen (secondary N) is 1. The highest BCUT2D eigenvalue weighted by Crippen LogP contribution is 2.22. The molecule has 2 aromatic rings. The smallest absolute Gasteiger partial charge is 0.223 e. The number of amides is 1. The van der Waals surface area contributed by atoms with Crippen LogP contribution in [-0.4, -0.2) is 36.7 Å². The van der Waals surface area contributed by atoms with Crippen LogP contribution in [0, 0.1) is 12.8 Å². The summed E-state index contributed by atoms with van der Waals surface area (Å²) in [4.78, 5) is 16.5. The molecule has 7 heteroatoms. The van der Waals surface area contributed by atoms with E-state index >= 15 is 0 Å². The Labute approximate surface area is 160 Å². The van der Waals surface area contributed by atoms with Crippen molar-refractivity contribution in [3.05, 3.63) is 65.5 Å². The molecule has 1 saturated heterocycles. The summed E-state index contributed by atoms with van der Waals surface area (Å²) in [5.41, 5.74) is 2.70. The molecule has 1 aromatic carbocycles. The van der Waals surface area contributed by atoms with Crippen molar-refractivity contribution in [1.82, 2.24) is 14.6 Å². The lowest BCUT2D eigenvalue weighted by Gasteiger charge is -2.30. The van der Waals surface area contributed by atoms with Gasteiger partial charge >= 0.3 is 0 Å². The van der Waals surface area contributed by atoms with Crippen molar-refractivity contribution >= 4 is 15.9 Å². The molecule has 1 fully saturated rings. The van der Waals surface area contributed by atoms with E-state index in [1.165, 1.54) is 4.31 Å². The standard InChI is InChI=1S/C20H25N3O3S/c1-16-5-7-17(8-6-16)15-27(25,26)23-12-9-18(10-13-23)20(24)22-14-19-4-2-3-11-21-19/h2-8,11,18H,9-10,12-15H2,1H3,(H,22,24). The average molecular weight is 388 g/mol. The van der Waals surface area contributed by atoms with Crippen molar-refractivity contribution < 1.29 is 13.2 Å². The van der Waals surface area contributed by atoms with E-state index in [-0.39, 0.29) is 17.6 Å².